The van der Waals surface area contributed by atoms with Crippen LogP contribution in [0.1, 0.15) is 0 Å². The number of aromatic nitrogens is 1. The van der Waals surface area contributed by atoms with Gasteiger partial charge in [0, 0.05) is 30.8 Å². The van der Waals surface area contributed by atoms with Gasteiger partial charge >= 0.3 is 0 Å². The fourth-order valence-corrected chi connectivity index (χ4v) is 3.39. The normalized spacial score (nSPS) is 17.9. The van der Waals surface area contributed by atoms with Crippen molar-refractivity contribution in [2.24, 2.45) is 0 Å². The molecule has 1 fully saturated rings. The Kier molecular flexibility index (Phi) is 3.42. The number of pyridine rings is 1. The molecular formula is C9H13N3S2. The molecular weight excluding hydrogens is 214 g/mol. The molecule has 5 heteroatoms. The summed E-state index contributed by atoms with van der Waals surface area (Å²) in [5, 5.41) is 0. The average Bonchev–Trinajstić information content (AvgIpc) is 2.47. The maximum Gasteiger partial charge on any atom is 0.151 e. The number of rotatable bonds is 1. The molecule has 0 amide bonds. The predicted octanol–water partition coefficient (Wildman–Crippen LogP) is 1.87. The van der Waals surface area contributed by atoms with Crippen LogP contribution in [0.2, 0.25) is 0 Å². The van der Waals surface area contributed by atoms with Gasteiger partial charge < -0.3 is 10.6 Å². The summed E-state index contributed by atoms with van der Waals surface area (Å²) >= 11 is 0. The van der Waals surface area contributed by atoms with Crippen molar-refractivity contribution in [3.05, 3.63) is 18.3 Å². The number of anilines is 2. The van der Waals surface area contributed by atoms with Crippen LogP contribution in [0.15, 0.2) is 18.3 Å². The van der Waals surface area contributed by atoms with Crippen LogP contribution in [0.5, 0.6) is 0 Å². The number of nitrogens with zero attached hydrogens (tertiary/aromatic N) is 2. The first-order chi connectivity index (χ1) is 6.88. The molecule has 1 aliphatic rings. The third-order valence-electron chi connectivity index (χ3n) is 2.09. The van der Waals surface area contributed by atoms with E-state index in [0.717, 1.165) is 36.1 Å². The molecule has 0 unspecified atom stereocenters. The van der Waals surface area contributed by atoms with Gasteiger partial charge in [-0.25, -0.2) is 4.98 Å². The summed E-state index contributed by atoms with van der Waals surface area (Å²) in [6.07, 6.45) is 1.80. The molecule has 0 aliphatic carbocycles. The lowest BCUT2D eigenvalue weighted by atomic mass is 10.3. The molecule has 0 aromatic carbocycles. The molecule has 0 saturated carbocycles. The van der Waals surface area contributed by atoms with E-state index in [2.05, 4.69) is 9.88 Å². The Morgan fingerprint density at radius 1 is 1.29 bits per heavy atom. The molecule has 2 N–H and O–H groups in total. The summed E-state index contributed by atoms with van der Waals surface area (Å²) in [7, 11) is 3.85. The van der Waals surface area contributed by atoms with Gasteiger partial charge in [-0.15, -0.1) is 0 Å². The molecule has 1 aromatic heterocycles. The third kappa shape index (κ3) is 2.27. The van der Waals surface area contributed by atoms with Crippen LogP contribution in [0.4, 0.5) is 11.5 Å². The monoisotopic (exact) mass is 227 g/mol. The highest BCUT2D eigenvalue weighted by Gasteiger charge is 2.13. The van der Waals surface area contributed by atoms with Crippen molar-refractivity contribution >= 4 is 33.1 Å². The number of nitrogens with two attached hydrogens (primary N) is 1. The smallest absolute Gasteiger partial charge is 0.151 e. The molecule has 1 aliphatic heterocycles. The highest BCUT2D eigenvalue weighted by atomic mass is 33.1. The van der Waals surface area contributed by atoms with Crippen molar-refractivity contribution in [1.29, 1.82) is 0 Å². The first kappa shape index (κ1) is 9.98. The Hall–Kier alpha value is -0.550. The van der Waals surface area contributed by atoms with Crippen LogP contribution in [-0.4, -0.2) is 29.6 Å². The van der Waals surface area contributed by atoms with Crippen molar-refractivity contribution in [3.8, 4) is 0 Å². The van der Waals surface area contributed by atoms with E-state index in [9.17, 15) is 0 Å². The molecule has 0 bridgehead atoms. The summed E-state index contributed by atoms with van der Waals surface area (Å²) in [5.74, 6) is 3.22. The van der Waals surface area contributed by atoms with E-state index in [-0.39, 0.29) is 0 Å². The van der Waals surface area contributed by atoms with Crippen LogP contribution in [-0.2, 0) is 0 Å². The van der Waals surface area contributed by atoms with Gasteiger partial charge in [0.05, 0.1) is 5.69 Å². The van der Waals surface area contributed by atoms with Gasteiger partial charge in [0.25, 0.3) is 0 Å². The highest BCUT2D eigenvalue weighted by Crippen LogP contribution is 2.27. The number of nitrogen functional groups attached to an aromatic ring is 1. The van der Waals surface area contributed by atoms with E-state index in [0.29, 0.717) is 0 Å². The molecule has 14 heavy (non-hydrogen) atoms. The Labute approximate surface area is 91.9 Å². The zero-order valence-corrected chi connectivity index (χ0v) is 9.48. The molecule has 2 heterocycles. The third-order valence-corrected chi connectivity index (χ3v) is 4.45. The maximum absolute atomic E-state index is 5.88. The lowest BCUT2D eigenvalue weighted by Crippen LogP contribution is -2.28. The summed E-state index contributed by atoms with van der Waals surface area (Å²) in [6.45, 7) is 2.08. The topological polar surface area (TPSA) is 42.1 Å². The maximum atomic E-state index is 5.88. The zero-order chi connectivity index (χ0) is 9.80. The first-order valence-corrected chi connectivity index (χ1v) is 7.06. The molecule has 1 aromatic rings. The lowest BCUT2D eigenvalue weighted by molar-refractivity contribution is 0.864. The van der Waals surface area contributed by atoms with E-state index in [1.807, 2.05) is 33.7 Å². The fraction of sp³-hybridized carbons (Fsp3) is 0.444. The van der Waals surface area contributed by atoms with Crippen LogP contribution in [0, 0.1) is 0 Å². The van der Waals surface area contributed by atoms with Crippen LogP contribution < -0.4 is 10.6 Å². The zero-order valence-electron chi connectivity index (χ0n) is 7.85. The van der Waals surface area contributed by atoms with Crippen molar-refractivity contribution in [2.75, 3.05) is 35.2 Å². The van der Waals surface area contributed by atoms with E-state index in [1.165, 1.54) is 0 Å². The summed E-state index contributed by atoms with van der Waals surface area (Å²) < 4.78 is 0. The van der Waals surface area contributed by atoms with Crippen LogP contribution in [0.3, 0.4) is 0 Å². The van der Waals surface area contributed by atoms with E-state index >= 15 is 0 Å². The molecule has 2 rings (SSSR count). The van der Waals surface area contributed by atoms with Gasteiger partial charge in [-0.3, -0.25) is 0 Å². The summed E-state index contributed by atoms with van der Waals surface area (Å²) in [4.78, 5) is 6.59. The lowest BCUT2D eigenvalue weighted by Gasteiger charge is -2.21. The van der Waals surface area contributed by atoms with Gasteiger partial charge in [0.2, 0.25) is 0 Å². The Balaban J connectivity index is 2.16. The minimum atomic E-state index is 0.782. The van der Waals surface area contributed by atoms with Gasteiger partial charge in [0.15, 0.2) is 5.82 Å². The summed E-state index contributed by atoms with van der Waals surface area (Å²) in [5.41, 5.74) is 6.67. The molecule has 1 saturated heterocycles. The second-order valence-electron chi connectivity index (χ2n) is 3.05. The van der Waals surface area contributed by atoms with Crippen LogP contribution in [0.25, 0.3) is 0 Å². The van der Waals surface area contributed by atoms with Crippen molar-refractivity contribution in [1.82, 2.24) is 4.98 Å². The largest absolute Gasteiger partial charge is 0.396 e. The fourth-order valence-electron chi connectivity index (χ4n) is 1.41. The summed E-state index contributed by atoms with van der Waals surface area (Å²) in [6, 6.07) is 3.79. The van der Waals surface area contributed by atoms with E-state index in [4.69, 9.17) is 5.73 Å². The number of hydrogen-bond acceptors (Lipinski definition) is 5. The van der Waals surface area contributed by atoms with E-state index < -0.39 is 0 Å². The van der Waals surface area contributed by atoms with Gasteiger partial charge in [0.1, 0.15) is 0 Å². The van der Waals surface area contributed by atoms with Gasteiger partial charge in [-0.1, -0.05) is 21.6 Å². The minimum Gasteiger partial charge on any atom is -0.396 e. The average molecular weight is 227 g/mol. The standard InChI is InChI=1S/C9H13N3S2/c10-8-2-1-3-11-9(8)12-4-6-13-14-7-5-12/h1-3H,4-7,10H2. The van der Waals surface area contributed by atoms with E-state index in [1.54, 1.807) is 6.20 Å². The highest BCUT2D eigenvalue weighted by molar-refractivity contribution is 8.76. The SMILES string of the molecule is Nc1cccnc1N1CCSSCC1. The van der Waals surface area contributed by atoms with Gasteiger partial charge in [-0.2, -0.15) is 0 Å². The van der Waals surface area contributed by atoms with Crippen molar-refractivity contribution in [3.63, 3.8) is 0 Å². The Morgan fingerprint density at radius 3 is 2.64 bits per heavy atom. The predicted molar refractivity (Wildman–Crippen MR) is 65.8 cm³/mol. The Bertz CT molecular complexity index is 298. The second kappa shape index (κ2) is 4.79. The molecule has 0 spiro atoms. The minimum absolute atomic E-state index is 0.782. The van der Waals surface area contributed by atoms with Crippen molar-refractivity contribution < 1.29 is 0 Å². The number of hydrogen-bond donors (Lipinski definition) is 1. The quantitative estimate of drug-likeness (QED) is 0.742. The molecule has 0 atom stereocenters. The van der Waals surface area contributed by atoms with Gasteiger partial charge in [-0.05, 0) is 12.1 Å². The van der Waals surface area contributed by atoms with Crippen molar-refractivity contribution in [2.45, 2.75) is 0 Å². The first-order valence-electron chi connectivity index (χ1n) is 4.58. The molecule has 0 radical (unpaired) electrons. The Morgan fingerprint density at radius 2 is 2.00 bits per heavy atom. The molecule has 76 valence electrons. The second-order valence-corrected chi connectivity index (χ2v) is 5.75. The molecule has 3 nitrogen and oxygen atoms in total. The van der Waals surface area contributed by atoms with Crippen LogP contribution >= 0.6 is 21.6 Å².